The summed E-state index contributed by atoms with van der Waals surface area (Å²) in [5.41, 5.74) is 1.60. The average Bonchev–Trinajstić information content (AvgIpc) is 2.81. The molecule has 35 heavy (non-hydrogen) atoms. The second-order valence-electron chi connectivity index (χ2n) is 9.25. The highest BCUT2D eigenvalue weighted by Crippen LogP contribution is 2.23. The number of sulfonamides is 1. The number of anilines is 1. The number of hydrogen-bond donors (Lipinski definition) is 1. The molecule has 1 fully saturated rings. The van der Waals surface area contributed by atoms with Crippen LogP contribution in [-0.4, -0.2) is 50.0 Å². The Hall–Kier alpha value is -2.94. The molecule has 0 aromatic heterocycles. The first-order valence-corrected chi connectivity index (χ1v) is 13.8. The summed E-state index contributed by atoms with van der Waals surface area (Å²) >= 11 is 0. The van der Waals surface area contributed by atoms with Crippen LogP contribution in [0.4, 0.5) is 10.1 Å². The van der Waals surface area contributed by atoms with Gasteiger partial charge in [0.1, 0.15) is 18.4 Å². The van der Waals surface area contributed by atoms with Crippen molar-refractivity contribution in [1.82, 2.24) is 10.2 Å². The molecule has 2 amide bonds. The molecule has 0 heterocycles. The monoisotopic (exact) mass is 503 g/mol. The molecule has 0 radical (unpaired) electrons. The first-order chi connectivity index (χ1) is 16.6. The number of benzene rings is 2. The van der Waals surface area contributed by atoms with Gasteiger partial charge in [-0.2, -0.15) is 0 Å². The van der Waals surface area contributed by atoms with E-state index in [4.69, 9.17) is 0 Å². The van der Waals surface area contributed by atoms with E-state index in [1.807, 2.05) is 31.2 Å². The van der Waals surface area contributed by atoms with Crippen molar-refractivity contribution in [2.24, 2.45) is 0 Å². The fraction of sp³-hybridized carbons (Fsp3) is 0.462. The van der Waals surface area contributed by atoms with Crippen molar-refractivity contribution in [1.29, 1.82) is 0 Å². The molecule has 7 nitrogen and oxygen atoms in total. The molecule has 3 rings (SSSR count). The van der Waals surface area contributed by atoms with Crippen LogP contribution in [0.25, 0.3) is 0 Å². The summed E-state index contributed by atoms with van der Waals surface area (Å²) in [6, 6.07) is 12.2. The normalized spacial score (nSPS) is 15.3. The van der Waals surface area contributed by atoms with Gasteiger partial charge in [-0.1, -0.05) is 61.2 Å². The number of halogens is 1. The Morgan fingerprint density at radius 3 is 2.40 bits per heavy atom. The first kappa shape index (κ1) is 26.7. The number of nitrogens with one attached hydrogen (secondary N) is 1. The third-order valence-corrected chi connectivity index (χ3v) is 7.48. The molecule has 0 saturated heterocycles. The second-order valence-corrected chi connectivity index (χ2v) is 11.2. The maximum absolute atomic E-state index is 14.5. The topological polar surface area (TPSA) is 86.8 Å². The van der Waals surface area contributed by atoms with E-state index >= 15 is 0 Å². The molecule has 1 saturated carbocycles. The molecule has 1 aliphatic rings. The molecule has 1 atom stereocenters. The van der Waals surface area contributed by atoms with Gasteiger partial charge >= 0.3 is 0 Å². The predicted octanol–water partition coefficient (Wildman–Crippen LogP) is 3.77. The van der Waals surface area contributed by atoms with E-state index in [2.05, 4.69) is 5.32 Å². The lowest BCUT2D eigenvalue weighted by Crippen LogP contribution is -2.53. The molecule has 2 aromatic rings. The highest BCUT2D eigenvalue weighted by Gasteiger charge is 2.31. The number of para-hydroxylation sites is 1. The number of carbonyl (C=O) groups is 2. The van der Waals surface area contributed by atoms with Gasteiger partial charge in [0.2, 0.25) is 21.8 Å². The number of amides is 2. The quantitative estimate of drug-likeness (QED) is 0.565. The zero-order valence-electron chi connectivity index (χ0n) is 20.5. The highest BCUT2D eigenvalue weighted by atomic mass is 32.2. The van der Waals surface area contributed by atoms with Crippen LogP contribution in [0.1, 0.15) is 50.2 Å². The Morgan fingerprint density at radius 1 is 1.09 bits per heavy atom. The third kappa shape index (κ3) is 7.27. The predicted molar refractivity (Wildman–Crippen MR) is 135 cm³/mol. The summed E-state index contributed by atoms with van der Waals surface area (Å²) in [7, 11) is -3.97. The third-order valence-electron chi connectivity index (χ3n) is 6.35. The van der Waals surface area contributed by atoms with Gasteiger partial charge in [-0.05, 0) is 44.4 Å². The van der Waals surface area contributed by atoms with Gasteiger partial charge in [-0.25, -0.2) is 12.8 Å². The van der Waals surface area contributed by atoms with Crippen LogP contribution in [0, 0.1) is 12.7 Å². The van der Waals surface area contributed by atoms with E-state index in [0.29, 0.717) is 0 Å². The smallest absolute Gasteiger partial charge is 0.244 e. The molecule has 0 bridgehead atoms. The SMILES string of the molecule is Cc1cccc(CN(C(=O)CN(c2ccccc2F)S(C)(=O)=O)C(C)C(=O)NC2CCCCC2)c1. The van der Waals surface area contributed by atoms with Crippen molar-refractivity contribution < 1.29 is 22.4 Å². The van der Waals surface area contributed by atoms with Crippen molar-refractivity contribution in [2.45, 2.75) is 64.6 Å². The number of nitrogens with zero attached hydrogens (tertiary/aromatic N) is 2. The summed E-state index contributed by atoms with van der Waals surface area (Å²) in [5, 5.41) is 3.05. The lowest BCUT2D eigenvalue weighted by Gasteiger charge is -2.33. The Labute approximate surface area is 207 Å². The van der Waals surface area contributed by atoms with E-state index in [9.17, 15) is 22.4 Å². The van der Waals surface area contributed by atoms with Crippen LogP contribution in [0.5, 0.6) is 0 Å². The molecule has 1 N–H and O–H groups in total. The summed E-state index contributed by atoms with van der Waals surface area (Å²) in [5.74, 6) is -1.62. The van der Waals surface area contributed by atoms with E-state index in [-0.39, 0.29) is 24.2 Å². The maximum Gasteiger partial charge on any atom is 0.244 e. The van der Waals surface area contributed by atoms with Gasteiger partial charge in [0.25, 0.3) is 0 Å². The minimum Gasteiger partial charge on any atom is -0.352 e. The van der Waals surface area contributed by atoms with Crippen molar-refractivity contribution in [3.63, 3.8) is 0 Å². The fourth-order valence-electron chi connectivity index (χ4n) is 4.41. The summed E-state index contributed by atoms with van der Waals surface area (Å²) in [6.07, 6.45) is 5.99. The zero-order valence-corrected chi connectivity index (χ0v) is 21.4. The van der Waals surface area contributed by atoms with Gasteiger partial charge in [0.15, 0.2) is 0 Å². The summed E-state index contributed by atoms with van der Waals surface area (Å²) in [4.78, 5) is 28.0. The molecular formula is C26H34FN3O4S. The molecule has 2 aromatic carbocycles. The van der Waals surface area contributed by atoms with Crippen LogP contribution in [0.15, 0.2) is 48.5 Å². The van der Waals surface area contributed by atoms with Crippen molar-refractivity contribution in [2.75, 3.05) is 17.1 Å². The average molecular weight is 504 g/mol. The largest absolute Gasteiger partial charge is 0.352 e. The van der Waals surface area contributed by atoms with Gasteiger partial charge in [-0.15, -0.1) is 0 Å². The van der Waals surface area contributed by atoms with Gasteiger partial charge in [0, 0.05) is 12.6 Å². The molecule has 190 valence electrons. The van der Waals surface area contributed by atoms with E-state index in [1.165, 1.54) is 23.1 Å². The molecule has 1 aliphatic carbocycles. The fourth-order valence-corrected chi connectivity index (χ4v) is 5.26. The van der Waals surface area contributed by atoms with Crippen LogP contribution >= 0.6 is 0 Å². The van der Waals surface area contributed by atoms with Crippen molar-refractivity contribution in [3.8, 4) is 0 Å². The van der Waals surface area contributed by atoms with Crippen LogP contribution in [-0.2, 0) is 26.2 Å². The van der Waals surface area contributed by atoms with Gasteiger partial charge in [-0.3, -0.25) is 13.9 Å². The minimum atomic E-state index is -3.97. The van der Waals surface area contributed by atoms with Crippen molar-refractivity contribution in [3.05, 3.63) is 65.5 Å². The van der Waals surface area contributed by atoms with Crippen molar-refractivity contribution >= 4 is 27.5 Å². The number of rotatable bonds is 9. The van der Waals surface area contributed by atoms with Gasteiger partial charge in [0.05, 0.1) is 11.9 Å². The molecule has 9 heteroatoms. The maximum atomic E-state index is 14.5. The summed E-state index contributed by atoms with van der Waals surface area (Å²) in [6.45, 7) is 3.07. The Balaban J connectivity index is 1.88. The molecular weight excluding hydrogens is 469 g/mol. The Kier molecular flexibility index (Phi) is 8.88. The molecule has 1 unspecified atom stereocenters. The van der Waals surface area contributed by atoms with E-state index in [0.717, 1.165) is 59.9 Å². The second kappa shape index (κ2) is 11.7. The lowest BCUT2D eigenvalue weighted by atomic mass is 9.95. The van der Waals surface area contributed by atoms with E-state index in [1.54, 1.807) is 6.92 Å². The van der Waals surface area contributed by atoms with Gasteiger partial charge < -0.3 is 10.2 Å². The van der Waals surface area contributed by atoms with Crippen LogP contribution in [0.2, 0.25) is 0 Å². The van der Waals surface area contributed by atoms with Crippen LogP contribution in [0.3, 0.4) is 0 Å². The van der Waals surface area contributed by atoms with E-state index < -0.39 is 34.3 Å². The van der Waals surface area contributed by atoms with Crippen LogP contribution < -0.4 is 9.62 Å². The molecule has 0 aliphatic heterocycles. The Morgan fingerprint density at radius 2 is 1.77 bits per heavy atom. The minimum absolute atomic E-state index is 0.0700. The highest BCUT2D eigenvalue weighted by molar-refractivity contribution is 7.92. The molecule has 0 spiro atoms. The number of carbonyl (C=O) groups excluding carboxylic acids is 2. The standard InChI is InChI=1S/C26H34FN3O4S/c1-19-10-9-11-21(16-19)17-29(20(2)26(32)28-22-12-5-4-6-13-22)25(31)18-30(35(3,33)34)24-15-8-7-14-23(24)27/h7-11,14-16,20,22H,4-6,12-13,17-18H2,1-3H3,(H,28,32). The lowest BCUT2D eigenvalue weighted by molar-refractivity contribution is -0.139. The number of hydrogen-bond acceptors (Lipinski definition) is 4. The number of aryl methyl sites for hydroxylation is 1. The zero-order chi connectivity index (χ0) is 25.6. The Bertz CT molecular complexity index is 1150. The summed E-state index contributed by atoms with van der Waals surface area (Å²) < 4.78 is 40.3. The first-order valence-electron chi connectivity index (χ1n) is 11.9.